The summed E-state index contributed by atoms with van der Waals surface area (Å²) in [5.41, 5.74) is 7.05. The van der Waals surface area contributed by atoms with Crippen LogP contribution in [0.3, 0.4) is 0 Å². The fourth-order valence-corrected chi connectivity index (χ4v) is 3.12. The zero-order valence-corrected chi connectivity index (χ0v) is 10.8. The first-order valence-electron chi connectivity index (χ1n) is 6.10. The minimum Gasteiger partial charge on any atom is -0.381 e. The Labute approximate surface area is 110 Å². The summed E-state index contributed by atoms with van der Waals surface area (Å²) in [6.45, 7) is 1.64. The van der Waals surface area contributed by atoms with Crippen molar-refractivity contribution in [2.45, 2.75) is 17.6 Å². The zero-order valence-electron chi connectivity index (χ0n) is 10.0. The standard InChI is InChI=1S/C12H16N4OS/c13-10(9-4-6-17-7-9)8-18-12-15-14-11-3-1-2-5-16(11)12/h1-3,5,9-10H,4,6-8,13H2. The second kappa shape index (κ2) is 5.26. The number of nitrogens with two attached hydrogens (primary N) is 1. The largest absolute Gasteiger partial charge is 0.381 e. The number of thioether (sulfide) groups is 1. The quantitative estimate of drug-likeness (QED) is 0.840. The number of ether oxygens (including phenoxy) is 1. The number of pyridine rings is 1. The fourth-order valence-electron chi connectivity index (χ4n) is 2.12. The van der Waals surface area contributed by atoms with Crippen molar-refractivity contribution in [3.05, 3.63) is 24.4 Å². The van der Waals surface area contributed by atoms with Crippen molar-refractivity contribution in [2.24, 2.45) is 11.7 Å². The highest BCUT2D eigenvalue weighted by atomic mass is 32.2. The molecule has 1 fully saturated rings. The van der Waals surface area contributed by atoms with Gasteiger partial charge < -0.3 is 10.5 Å². The van der Waals surface area contributed by atoms with Crippen molar-refractivity contribution >= 4 is 17.4 Å². The number of fused-ring (bicyclic) bond motifs is 1. The summed E-state index contributed by atoms with van der Waals surface area (Å²) >= 11 is 1.66. The summed E-state index contributed by atoms with van der Waals surface area (Å²) in [5, 5.41) is 9.21. The van der Waals surface area contributed by atoms with E-state index in [4.69, 9.17) is 10.5 Å². The maximum Gasteiger partial charge on any atom is 0.195 e. The molecule has 96 valence electrons. The maximum absolute atomic E-state index is 6.18. The van der Waals surface area contributed by atoms with E-state index < -0.39 is 0 Å². The topological polar surface area (TPSA) is 65.4 Å². The minimum absolute atomic E-state index is 0.161. The predicted molar refractivity (Wildman–Crippen MR) is 70.6 cm³/mol. The van der Waals surface area contributed by atoms with Crippen LogP contribution in [0.4, 0.5) is 0 Å². The first-order valence-corrected chi connectivity index (χ1v) is 7.09. The number of nitrogens with zero attached hydrogens (tertiary/aromatic N) is 3. The summed E-state index contributed by atoms with van der Waals surface area (Å²) in [6, 6.07) is 6.04. The predicted octanol–water partition coefficient (Wildman–Crippen LogP) is 1.19. The van der Waals surface area contributed by atoms with Crippen LogP contribution >= 0.6 is 11.8 Å². The molecule has 2 aromatic heterocycles. The second-order valence-corrected chi connectivity index (χ2v) is 5.50. The van der Waals surface area contributed by atoms with Crippen LogP contribution < -0.4 is 5.73 Å². The van der Waals surface area contributed by atoms with Crippen LogP contribution in [0.1, 0.15) is 6.42 Å². The summed E-state index contributed by atoms with van der Waals surface area (Å²) in [6.07, 6.45) is 3.05. The lowest BCUT2D eigenvalue weighted by molar-refractivity contribution is 0.182. The van der Waals surface area contributed by atoms with E-state index in [1.807, 2.05) is 28.8 Å². The van der Waals surface area contributed by atoms with Gasteiger partial charge in [0.05, 0.1) is 6.61 Å². The van der Waals surface area contributed by atoms with Crippen LogP contribution in [0.2, 0.25) is 0 Å². The van der Waals surface area contributed by atoms with Gasteiger partial charge in [0.1, 0.15) is 0 Å². The Morgan fingerprint density at radius 3 is 3.28 bits per heavy atom. The lowest BCUT2D eigenvalue weighted by Crippen LogP contribution is -2.32. The Bertz CT molecular complexity index is 524. The molecule has 0 aliphatic carbocycles. The molecule has 2 unspecified atom stereocenters. The number of hydrogen-bond acceptors (Lipinski definition) is 5. The Kier molecular flexibility index (Phi) is 3.49. The summed E-state index contributed by atoms with van der Waals surface area (Å²) < 4.78 is 7.35. The van der Waals surface area contributed by atoms with E-state index in [0.29, 0.717) is 5.92 Å². The van der Waals surface area contributed by atoms with Crippen molar-refractivity contribution in [3.63, 3.8) is 0 Å². The van der Waals surface area contributed by atoms with Gasteiger partial charge in [0.2, 0.25) is 0 Å². The Morgan fingerprint density at radius 2 is 2.44 bits per heavy atom. The van der Waals surface area contributed by atoms with Crippen molar-refractivity contribution in [1.82, 2.24) is 14.6 Å². The third-order valence-electron chi connectivity index (χ3n) is 3.26. The molecule has 2 aromatic rings. The molecule has 0 saturated carbocycles. The van der Waals surface area contributed by atoms with Gasteiger partial charge in [0.25, 0.3) is 0 Å². The molecule has 0 amide bonds. The molecule has 2 N–H and O–H groups in total. The van der Waals surface area contributed by atoms with Crippen LogP contribution in [0.5, 0.6) is 0 Å². The van der Waals surface area contributed by atoms with Gasteiger partial charge in [0.15, 0.2) is 10.8 Å². The smallest absolute Gasteiger partial charge is 0.195 e. The highest BCUT2D eigenvalue weighted by molar-refractivity contribution is 7.99. The lowest BCUT2D eigenvalue weighted by Gasteiger charge is -2.16. The molecule has 5 nitrogen and oxygen atoms in total. The summed E-state index contributed by atoms with van der Waals surface area (Å²) in [7, 11) is 0. The summed E-state index contributed by atoms with van der Waals surface area (Å²) in [4.78, 5) is 0. The zero-order chi connectivity index (χ0) is 12.4. The third-order valence-corrected chi connectivity index (χ3v) is 4.35. The summed E-state index contributed by atoms with van der Waals surface area (Å²) in [5.74, 6) is 1.33. The van der Waals surface area contributed by atoms with Gasteiger partial charge >= 0.3 is 0 Å². The van der Waals surface area contributed by atoms with Crippen molar-refractivity contribution < 1.29 is 4.74 Å². The van der Waals surface area contributed by atoms with Crippen LogP contribution in [-0.4, -0.2) is 39.6 Å². The molecule has 0 bridgehead atoms. The van der Waals surface area contributed by atoms with Gasteiger partial charge in [-0.2, -0.15) is 0 Å². The van der Waals surface area contributed by atoms with E-state index >= 15 is 0 Å². The van der Waals surface area contributed by atoms with E-state index in [0.717, 1.165) is 36.2 Å². The first-order chi connectivity index (χ1) is 8.84. The van der Waals surface area contributed by atoms with Gasteiger partial charge in [-0.3, -0.25) is 4.40 Å². The molecule has 0 radical (unpaired) electrons. The highest BCUT2D eigenvalue weighted by Gasteiger charge is 2.23. The Hall–Kier alpha value is -1.11. The molecular weight excluding hydrogens is 248 g/mol. The van der Waals surface area contributed by atoms with E-state index in [1.165, 1.54) is 0 Å². The molecule has 6 heteroatoms. The van der Waals surface area contributed by atoms with Crippen LogP contribution in [0, 0.1) is 5.92 Å². The highest BCUT2D eigenvalue weighted by Crippen LogP contribution is 2.22. The minimum atomic E-state index is 0.161. The normalized spacial score (nSPS) is 21.5. The van der Waals surface area contributed by atoms with Gasteiger partial charge in [0, 0.05) is 30.5 Å². The third kappa shape index (κ3) is 2.36. The Morgan fingerprint density at radius 1 is 1.50 bits per heavy atom. The van der Waals surface area contributed by atoms with Crippen LogP contribution in [0.15, 0.2) is 29.6 Å². The van der Waals surface area contributed by atoms with Gasteiger partial charge in [-0.25, -0.2) is 0 Å². The van der Waals surface area contributed by atoms with Gasteiger partial charge in [-0.15, -0.1) is 10.2 Å². The molecule has 1 aliphatic rings. The second-order valence-electron chi connectivity index (χ2n) is 4.51. The molecule has 18 heavy (non-hydrogen) atoms. The van der Waals surface area contributed by atoms with E-state index in [1.54, 1.807) is 11.8 Å². The number of rotatable bonds is 4. The average Bonchev–Trinajstić information content (AvgIpc) is 3.06. The lowest BCUT2D eigenvalue weighted by atomic mass is 10.0. The Balaban J connectivity index is 1.65. The maximum atomic E-state index is 6.18. The molecule has 3 rings (SSSR count). The molecule has 0 spiro atoms. The van der Waals surface area contributed by atoms with Crippen LogP contribution in [0.25, 0.3) is 5.65 Å². The van der Waals surface area contributed by atoms with E-state index in [2.05, 4.69) is 10.2 Å². The van der Waals surface area contributed by atoms with Crippen molar-refractivity contribution in [1.29, 1.82) is 0 Å². The number of hydrogen-bond donors (Lipinski definition) is 1. The average molecular weight is 264 g/mol. The monoisotopic (exact) mass is 264 g/mol. The fraction of sp³-hybridized carbons (Fsp3) is 0.500. The first kappa shape index (κ1) is 12.0. The molecule has 3 heterocycles. The molecule has 0 aromatic carbocycles. The van der Waals surface area contributed by atoms with Gasteiger partial charge in [-0.05, 0) is 18.6 Å². The SMILES string of the molecule is NC(CSc1nnc2ccccn12)C1CCOC1. The van der Waals surface area contributed by atoms with Crippen molar-refractivity contribution in [2.75, 3.05) is 19.0 Å². The van der Waals surface area contributed by atoms with Gasteiger partial charge in [-0.1, -0.05) is 17.8 Å². The van der Waals surface area contributed by atoms with Crippen molar-refractivity contribution in [3.8, 4) is 0 Å². The van der Waals surface area contributed by atoms with E-state index in [-0.39, 0.29) is 6.04 Å². The molecule has 2 atom stereocenters. The number of aromatic nitrogens is 3. The van der Waals surface area contributed by atoms with Crippen LogP contribution in [-0.2, 0) is 4.74 Å². The molecule has 1 saturated heterocycles. The molecule has 1 aliphatic heterocycles. The van der Waals surface area contributed by atoms with E-state index in [9.17, 15) is 0 Å². The molecular formula is C12H16N4OS.